The van der Waals surface area contributed by atoms with Gasteiger partial charge in [-0.15, -0.1) is 0 Å². The van der Waals surface area contributed by atoms with Gasteiger partial charge in [-0.3, -0.25) is 0 Å². The van der Waals surface area contributed by atoms with Crippen molar-refractivity contribution in [1.29, 1.82) is 0 Å². The maximum absolute atomic E-state index is 6.08. The molecule has 0 amide bonds. The molecule has 0 saturated carbocycles. The van der Waals surface area contributed by atoms with Crippen molar-refractivity contribution in [2.24, 2.45) is 0 Å². The molecule has 0 fully saturated rings. The lowest BCUT2D eigenvalue weighted by atomic mass is 10.0. The molecule has 0 aliphatic carbocycles. The van der Waals surface area contributed by atoms with Gasteiger partial charge in [0.05, 0.1) is 11.9 Å². The molecule has 19 heavy (non-hydrogen) atoms. The maximum atomic E-state index is 6.08. The summed E-state index contributed by atoms with van der Waals surface area (Å²) >= 11 is 6.08. The lowest BCUT2D eigenvalue weighted by Gasteiger charge is -2.14. The van der Waals surface area contributed by atoms with Crippen LogP contribution < -0.4 is 10.5 Å². The second-order valence-electron chi connectivity index (χ2n) is 4.85. The maximum Gasteiger partial charge on any atom is 0.238 e. The normalized spacial score (nSPS) is 10.8. The number of aryl methyl sites for hydroxylation is 1. The van der Waals surface area contributed by atoms with Crippen LogP contribution in [0, 0.1) is 6.92 Å². The zero-order chi connectivity index (χ0) is 14.0. The Kier molecular flexibility index (Phi) is 3.96. The molecule has 2 rings (SSSR count). The van der Waals surface area contributed by atoms with E-state index in [2.05, 4.69) is 31.0 Å². The second kappa shape index (κ2) is 5.49. The van der Waals surface area contributed by atoms with Gasteiger partial charge in [-0.2, -0.15) is 0 Å². The fraction of sp³-hybridized carbons (Fsp3) is 0.267. The molecule has 0 aliphatic heterocycles. The number of nitrogens with two attached hydrogens (primary N) is 1. The van der Waals surface area contributed by atoms with E-state index in [9.17, 15) is 0 Å². The number of rotatable bonds is 3. The molecule has 0 radical (unpaired) electrons. The van der Waals surface area contributed by atoms with E-state index < -0.39 is 0 Å². The minimum atomic E-state index is 0.364. The smallest absolute Gasteiger partial charge is 0.238 e. The first-order valence-electron chi connectivity index (χ1n) is 6.17. The minimum absolute atomic E-state index is 0.364. The van der Waals surface area contributed by atoms with Crippen LogP contribution in [0.4, 0.5) is 5.69 Å². The number of anilines is 1. The van der Waals surface area contributed by atoms with Crippen LogP contribution >= 0.6 is 11.6 Å². The van der Waals surface area contributed by atoms with E-state index in [1.807, 2.05) is 13.0 Å². The van der Waals surface area contributed by atoms with E-state index in [0.29, 0.717) is 22.5 Å². The van der Waals surface area contributed by atoms with Gasteiger partial charge in [0, 0.05) is 0 Å². The summed E-state index contributed by atoms with van der Waals surface area (Å²) in [6.07, 6.45) is 1.53. The zero-order valence-corrected chi connectivity index (χ0v) is 12.0. The summed E-state index contributed by atoms with van der Waals surface area (Å²) in [6.45, 7) is 6.26. The van der Waals surface area contributed by atoms with Crippen molar-refractivity contribution in [2.75, 3.05) is 5.73 Å². The number of benzene rings is 1. The number of halogens is 1. The fourth-order valence-corrected chi connectivity index (χ4v) is 2.04. The fourth-order valence-electron chi connectivity index (χ4n) is 1.83. The molecule has 2 N–H and O–H groups in total. The number of aromatic nitrogens is 1. The molecule has 1 heterocycles. The third-order valence-electron chi connectivity index (χ3n) is 2.83. The SMILES string of the molecule is Cc1ccc(C(C)C)c(Oc2ncc(N)cc2Cl)c1. The van der Waals surface area contributed by atoms with Crippen molar-refractivity contribution in [3.8, 4) is 11.6 Å². The molecule has 0 spiro atoms. The Morgan fingerprint density at radius 1 is 1.26 bits per heavy atom. The molecular weight excluding hydrogens is 260 g/mol. The van der Waals surface area contributed by atoms with Crippen LogP contribution in [0.5, 0.6) is 11.6 Å². The number of nitrogen functional groups attached to an aromatic ring is 1. The van der Waals surface area contributed by atoms with Gasteiger partial charge in [-0.1, -0.05) is 37.6 Å². The van der Waals surface area contributed by atoms with Crippen LogP contribution in [-0.4, -0.2) is 4.98 Å². The molecule has 0 aliphatic rings. The van der Waals surface area contributed by atoms with Crippen molar-refractivity contribution >= 4 is 17.3 Å². The van der Waals surface area contributed by atoms with Crippen LogP contribution in [0.15, 0.2) is 30.5 Å². The van der Waals surface area contributed by atoms with Gasteiger partial charge >= 0.3 is 0 Å². The van der Waals surface area contributed by atoms with Gasteiger partial charge in [0.25, 0.3) is 0 Å². The predicted molar refractivity (Wildman–Crippen MR) is 79.0 cm³/mol. The second-order valence-corrected chi connectivity index (χ2v) is 5.26. The summed E-state index contributed by atoms with van der Waals surface area (Å²) in [7, 11) is 0. The number of nitrogens with zero attached hydrogens (tertiary/aromatic N) is 1. The van der Waals surface area contributed by atoms with E-state index >= 15 is 0 Å². The third-order valence-corrected chi connectivity index (χ3v) is 3.10. The summed E-state index contributed by atoms with van der Waals surface area (Å²) in [6, 6.07) is 7.76. The summed E-state index contributed by atoms with van der Waals surface area (Å²) < 4.78 is 5.84. The Bertz CT molecular complexity index is 597. The lowest BCUT2D eigenvalue weighted by molar-refractivity contribution is 0.454. The summed E-state index contributed by atoms with van der Waals surface area (Å²) in [4.78, 5) is 4.12. The topological polar surface area (TPSA) is 48.1 Å². The van der Waals surface area contributed by atoms with Gasteiger partial charge in [0.2, 0.25) is 5.88 Å². The molecule has 4 heteroatoms. The van der Waals surface area contributed by atoms with Crippen LogP contribution in [0.2, 0.25) is 5.02 Å². The van der Waals surface area contributed by atoms with Gasteiger partial charge in [0.1, 0.15) is 10.8 Å². The number of ether oxygens (including phenoxy) is 1. The van der Waals surface area contributed by atoms with Crippen molar-refractivity contribution in [3.63, 3.8) is 0 Å². The average Bonchev–Trinajstić information content (AvgIpc) is 2.32. The van der Waals surface area contributed by atoms with Crippen LogP contribution in [-0.2, 0) is 0 Å². The molecule has 0 unspecified atom stereocenters. The summed E-state index contributed by atoms with van der Waals surface area (Å²) in [5.41, 5.74) is 8.40. The molecule has 2 aromatic rings. The Labute approximate surface area is 118 Å². The molecule has 0 saturated heterocycles. The van der Waals surface area contributed by atoms with Crippen molar-refractivity contribution in [3.05, 3.63) is 46.6 Å². The minimum Gasteiger partial charge on any atom is -0.437 e. The Hall–Kier alpha value is -1.74. The highest BCUT2D eigenvalue weighted by Crippen LogP contribution is 2.34. The molecule has 1 aromatic carbocycles. The van der Waals surface area contributed by atoms with E-state index in [1.54, 1.807) is 6.07 Å². The van der Waals surface area contributed by atoms with Crippen molar-refractivity contribution in [2.45, 2.75) is 26.7 Å². The highest BCUT2D eigenvalue weighted by molar-refractivity contribution is 6.32. The van der Waals surface area contributed by atoms with Gasteiger partial charge in [-0.25, -0.2) is 4.98 Å². The van der Waals surface area contributed by atoms with Gasteiger partial charge < -0.3 is 10.5 Å². The first kappa shape index (κ1) is 13.7. The number of hydrogen-bond acceptors (Lipinski definition) is 3. The largest absolute Gasteiger partial charge is 0.437 e. The lowest BCUT2D eigenvalue weighted by Crippen LogP contribution is -1.97. The highest BCUT2D eigenvalue weighted by atomic mass is 35.5. The number of hydrogen-bond donors (Lipinski definition) is 1. The number of pyridine rings is 1. The van der Waals surface area contributed by atoms with Crippen molar-refractivity contribution < 1.29 is 4.74 Å². The molecule has 1 aromatic heterocycles. The van der Waals surface area contributed by atoms with Crippen molar-refractivity contribution in [1.82, 2.24) is 4.98 Å². The molecular formula is C15H17ClN2O. The quantitative estimate of drug-likeness (QED) is 0.895. The first-order valence-corrected chi connectivity index (χ1v) is 6.54. The predicted octanol–water partition coefficient (Wildman–Crippen LogP) is 4.54. The van der Waals surface area contributed by atoms with Crippen LogP contribution in [0.25, 0.3) is 0 Å². The Morgan fingerprint density at radius 3 is 2.63 bits per heavy atom. The standard InChI is InChI=1S/C15H17ClN2O/c1-9(2)12-5-4-10(3)6-14(12)19-15-13(16)7-11(17)8-18-15/h4-9H,17H2,1-3H3. The average molecular weight is 277 g/mol. The summed E-state index contributed by atoms with van der Waals surface area (Å²) in [5.74, 6) is 1.53. The summed E-state index contributed by atoms with van der Waals surface area (Å²) in [5, 5.41) is 0.413. The first-order chi connectivity index (χ1) is 8.97. The Morgan fingerprint density at radius 2 is 2.00 bits per heavy atom. The van der Waals surface area contributed by atoms with E-state index in [4.69, 9.17) is 22.1 Å². The third kappa shape index (κ3) is 3.18. The van der Waals surface area contributed by atoms with E-state index in [-0.39, 0.29) is 0 Å². The molecule has 0 atom stereocenters. The molecule has 3 nitrogen and oxygen atoms in total. The zero-order valence-electron chi connectivity index (χ0n) is 11.3. The monoisotopic (exact) mass is 276 g/mol. The van der Waals surface area contributed by atoms with Crippen LogP contribution in [0.1, 0.15) is 30.9 Å². The molecule has 0 bridgehead atoms. The van der Waals surface area contributed by atoms with E-state index in [0.717, 1.165) is 16.9 Å². The van der Waals surface area contributed by atoms with Crippen LogP contribution in [0.3, 0.4) is 0 Å². The molecule has 100 valence electrons. The highest BCUT2D eigenvalue weighted by Gasteiger charge is 2.12. The van der Waals surface area contributed by atoms with Gasteiger partial charge in [0.15, 0.2) is 0 Å². The van der Waals surface area contributed by atoms with Gasteiger partial charge in [-0.05, 0) is 36.1 Å². The van der Waals surface area contributed by atoms with E-state index in [1.165, 1.54) is 6.20 Å². The Balaban J connectivity index is 2.39.